The number of aromatic amines is 1. The average molecular weight is 609 g/mol. The number of carbonyl (C=O) groups is 1. The molecule has 1 aromatic carbocycles. The van der Waals surface area contributed by atoms with Gasteiger partial charge < -0.3 is 19.5 Å². The van der Waals surface area contributed by atoms with Gasteiger partial charge in [-0.25, -0.2) is 15.0 Å². The predicted molar refractivity (Wildman–Crippen MR) is 159 cm³/mol. The summed E-state index contributed by atoms with van der Waals surface area (Å²) in [7, 11) is 1.65. The summed E-state index contributed by atoms with van der Waals surface area (Å²) in [4.78, 5) is 39.5. The number of nitrogens with zero attached hydrogens (tertiary/aromatic N) is 7. The summed E-state index contributed by atoms with van der Waals surface area (Å²) in [6.45, 7) is 5.53. The zero-order valence-electron chi connectivity index (χ0n) is 24.8. The van der Waals surface area contributed by atoms with Crippen LogP contribution in [0.25, 0.3) is 22.3 Å². The first-order chi connectivity index (χ1) is 21.2. The number of fused-ring (bicyclic) bond motifs is 1. The summed E-state index contributed by atoms with van der Waals surface area (Å²) in [6.07, 6.45) is 0.225. The zero-order valence-corrected chi connectivity index (χ0v) is 24.8. The predicted octanol–water partition coefficient (Wildman–Crippen LogP) is 4.77. The number of pyridine rings is 1. The second-order valence-corrected chi connectivity index (χ2v) is 11.3. The zero-order chi connectivity index (χ0) is 30.8. The third-order valence-electron chi connectivity index (χ3n) is 8.44. The molecule has 13 heteroatoms. The van der Waals surface area contributed by atoms with Crippen LogP contribution < -0.4 is 9.64 Å². The summed E-state index contributed by atoms with van der Waals surface area (Å²) >= 11 is 0. The minimum atomic E-state index is -4.49. The van der Waals surface area contributed by atoms with Crippen molar-refractivity contribution < 1.29 is 22.7 Å². The Morgan fingerprint density at radius 1 is 1.02 bits per heavy atom. The van der Waals surface area contributed by atoms with Crippen molar-refractivity contribution in [2.24, 2.45) is 0 Å². The van der Waals surface area contributed by atoms with Gasteiger partial charge in [-0.3, -0.25) is 14.7 Å². The lowest BCUT2D eigenvalue weighted by Gasteiger charge is -2.38. The van der Waals surface area contributed by atoms with Gasteiger partial charge in [0, 0.05) is 69.2 Å². The minimum absolute atomic E-state index is 0.0168. The Morgan fingerprint density at radius 2 is 1.80 bits per heavy atom. The van der Waals surface area contributed by atoms with Crippen LogP contribution >= 0.6 is 0 Å². The molecule has 2 saturated heterocycles. The van der Waals surface area contributed by atoms with E-state index in [1.807, 2.05) is 30.3 Å². The van der Waals surface area contributed by atoms with E-state index in [1.165, 1.54) is 4.90 Å². The number of nitrogens with one attached hydrogen (secondary N) is 1. The normalized spacial score (nSPS) is 16.9. The van der Waals surface area contributed by atoms with Gasteiger partial charge in [0.2, 0.25) is 5.91 Å². The lowest BCUT2D eigenvalue weighted by atomic mass is 10.1. The number of rotatable bonds is 8. The summed E-state index contributed by atoms with van der Waals surface area (Å²) in [5.74, 6) is 1.39. The number of hydrogen-bond acceptors (Lipinski definition) is 8. The molecule has 2 aliphatic rings. The number of ether oxygens (including phenoxy) is 1. The van der Waals surface area contributed by atoms with Gasteiger partial charge >= 0.3 is 6.18 Å². The van der Waals surface area contributed by atoms with Crippen molar-refractivity contribution in [2.75, 3.05) is 51.3 Å². The molecule has 1 atom stereocenters. The molecule has 0 radical (unpaired) electrons. The molecule has 5 heterocycles. The quantitative estimate of drug-likeness (QED) is 0.305. The van der Waals surface area contributed by atoms with E-state index in [4.69, 9.17) is 9.72 Å². The Balaban J connectivity index is 1.14. The van der Waals surface area contributed by atoms with Crippen molar-refractivity contribution in [2.45, 2.75) is 44.8 Å². The largest absolute Gasteiger partial charge is 0.491 e. The first-order valence-corrected chi connectivity index (χ1v) is 14.8. The Bertz CT molecular complexity index is 1630. The third kappa shape index (κ3) is 6.47. The van der Waals surface area contributed by atoms with E-state index in [9.17, 15) is 18.0 Å². The van der Waals surface area contributed by atoms with Crippen LogP contribution in [0.15, 0.2) is 42.9 Å². The van der Waals surface area contributed by atoms with Gasteiger partial charge in [0.15, 0.2) is 11.6 Å². The van der Waals surface area contributed by atoms with Crippen LogP contribution in [0.4, 0.5) is 19.0 Å². The maximum atomic E-state index is 12.6. The van der Waals surface area contributed by atoms with Crippen LogP contribution in [0.2, 0.25) is 0 Å². The number of hydrogen-bond donors (Lipinski definition) is 1. The van der Waals surface area contributed by atoms with Gasteiger partial charge in [-0.1, -0.05) is 6.07 Å². The highest BCUT2D eigenvalue weighted by Gasteiger charge is 2.35. The van der Waals surface area contributed by atoms with E-state index < -0.39 is 18.5 Å². The second kappa shape index (κ2) is 12.4. The Labute approximate surface area is 253 Å². The van der Waals surface area contributed by atoms with Crippen LogP contribution in [0.3, 0.4) is 0 Å². The molecular formula is C31H35F3N8O2. The number of imidazole rings is 1. The fourth-order valence-electron chi connectivity index (χ4n) is 6.08. The van der Waals surface area contributed by atoms with Crippen molar-refractivity contribution in [3.05, 3.63) is 59.9 Å². The molecule has 0 spiro atoms. The number of aromatic nitrogens is 5. The molecule has 10 nitrogen and oxygen atoms in total. The lowest BCUT2D eigenvalue weighted by Crippen LogP contribution is -2.50. The third-order valence-corrected chi connectivity index (χ3v) is 8.44. The smallest absolute Gasteiger partial charge is 0.397 e. The molecule has 3 aromatic heterocycles. The summed E-state index contributed by atoms with van der Waals surface area (Å²) in [5, 5.41) is 0. The molecule has 2 fully saturated rings. The van der Waals surface area contributed by atoms with E-state index in [-0.39, 0.29) is 19.1 Å². The number of halogens is 3. The molecule has 2 aliphatic heterocycles. The summed E-state index contributed by atoms with van der Waals surface area (Å²) < 4.78 is 43.7. The number of piperazine rings is 1. The van der Waals surface area contributed by atoms with Gasteiger partial charge in [0.05, 0.1) is 18.1 Å². The van der Waals surface area contributed by atoms with Gasteiger partial charge in [-0.05, 0) is 49.6 Å². The fraction of sp³-hybridized carbons (Fsp3) is 0.452. The van der Waals surface area contributed by atoms with Crippen molar-refractivity contribution in [1.29, 1.82) is 0 Å². The maximum absolute atomic E-state index is 12.6. The van der Waals surface area contributed by atoms with Gasteiger partial charge in [0.25, 0.3) is 0 Å². The number of H-pyrrole nitrogens is 1. The number of methoxy groups -OCH3 is 1. The number of carbonyl (C=O) groups excluding carboxylic acids is 1. The van der Waals surface area contributed by atoms with Crippen LogP contribution in [0.1, 0.15) is 49.3 Å². The van der Waals surface area contributed by atoms with Gasteiger partial charge in [0.1, 0.15) is 24.3 Å². The monoisotopic (exact) mass is 608 g/mol. The number of anilines is 1. The topological polar surface area (TPSA) is 103 Å². The first kappa shape index (κ1) is 29.8. The molecule has 0 saturated carbocycles. The lowest BCUT2D eigenvalue weighted by molar-refractivity contribution is -0.162. The van der Waals surface area contributed by atoms with Crippen LogP contribution in [-0.2, 0) is 11.2 Å². The number of amides is 1. The van der Waals surface area contributed by atoms with Crippen molar-refractivity contribution in [1.82, 2.24) is 34.7 Å². The SMILES string of the molecule is COc1c(-c2ccc3nc(Cc4cc(C(C)N5CCN(C(=O)CC(F)(F)F)CC5)ccn4)[nH]c3c2)ncnc1N1CCCC1. The molecule has 1 amide bonds. The number of alkyl halides is 3. The molecule has 1 unspecified atom stereocenters. The van der Waals surface area contributed by atoms with E-state index in [1.54, 1.807) is 19.6 Å². The van der Waals surface area contributed by atoms with Crippen LogP contribution in [0, 0.1) is 0 Å². The summed E-state index contributed by atoms with van der Waals surface area (Å²) in [6, 6.07) is 9.98. The maximum Gasteiger partial charge on any atom is 0.397 e. The fourth-order valence-corrected chi connectivity index (χ4v) is 6.08. The molecular weight excluding hydrogens is 573 g/mol. The van der Waals surface area contributed by atoms with E-state index in [0.717, 1.165) is 71.1 Å². The highest BCUT2D eigenvalue weighted by Crippen LogP contribution is 2.37. The second-order valence-electron chi connectivity index (χ2n) is 11.3. The Kier molecular flexibility index (Phi) is 8.39. The van der Waals surface area contributed by atoms with E-state index in [0.29, 0.717) is 25.3 Å². The number of benzene rings is 1. The average Bonchev–Trinajstić information content (AvgIpc) is 3.69. The van der Waals surface area contributed by atoms with Crippen LogP contribution in [0.5, 0.6) is 5.75 Å². The molecule has 1 N–H and O–H groups in total. The molecule has 4 aromatic rings. The van der Waals surface area contributed by atoms with Crippen LogP contribution in [-0.4, -0.2) is 93.2 Å². The van der Waals surface area contributed by atoms with E-state index >= 15 is 0 Å². The molecule has 0 bridgehead atoms. The standard InChI is InChI=1S/C31H35F3N8O2/c1-20(40-11-13-41(14-12-40)27(43)18-31(32,33)34)21-7-8-35-23(15-21)17-26-38-24-6-5-22(16-25(24)39-26)28-29(44-2)30(37-19-36-28)42-9-3-4-10-42/h5-8,15-16,19-20H,3-4,9-14,17-18H2,1-2H3,(H,38,39). The summed E-state index contributed by atoms with van der Waals surface area (Å²) in [5.41, 5.74) is 5.24. The van der Waals surface area contributed by atoms with Crippen molar-refractivity contribution in [3.8, 4) is 17.0 Å². The van der Waals surface area contributed by atoms with Crippen molar-refractivity contribution in [3.63, 3.8) is 0 Å². The minimum Gasteiger partial charge on any atom is -0.491 e. The Morgan fingerprint density at radius 3 is 2.52 bits per heavy atom. The molecule has 44 heavy (non-hydrogen) atoms. The van der Waals surface area contributed by atoms with Gasteiger partial charge in [-0.15, -0.1) is 0 Å². The Hall–Kier alpha value is -4.26. The highest BCUT2D eigenvalue weighted by atomic mass is 19.4. The molecule has 0 aliphatic carbocycles. The van der Waals surface area contributed by atoms with E-state index in [2.05, 4.69) is 36.7 Å². The molecule has 232 valence electrons. The highest BCUT2D eigenvalue weighted by molar-refractivity contribution is 5.84. The van der Waals surface area contributed by atoms with Gasteiger partial charge in [-0.2, -0.15) is 13.2 Å². The first-order valence-electron chi connectivity index (χ1n) is 14.8. The van der Waals surface area contributed by atoms with Crippen molar-refractivity contribution >= 4 is 22.8 Å². The molecule has 6 rings (SSSR count).